The fraction of sp³-hybridized carbons (Fsp3) is 0.429. The van der Waals surface area contributed by atoms with Gasteiger partial charge in [0.15, 0.2) is 0 Å². The van der Waals surface area contributed by atoms with Gasteiger partial charge in [0.1, 0.15) is 0 Å². The summed E-state index contributed by atoms with van der Waals surface area (Å²) in [4.78, 5) is 1.31. The number of hydrogen-bond acceptors (Lipinski definition) is 2. The van der Waals surface area contributed by atoms with Crippen LogP contribution in [0, 0.1) is 11.8 Å². The summed E-state index contributed by atoms with van der Waals surface area (Å²) in [5.41, 5.74) is 7.29. The molecule has 0 amide bonds. The van der Waals surface area contributed by atoms with Crippen molar-refractivity contribution >= 4 is 11.8 Å². The number of rotatable bonds is 5. The smallest absolute Gasteiger partial charge is 0.0303 e. The first-order valence-corrected chi connectivity index (χ1v) is 6.64. The lowest BCUT2D eigenvalue weighted by Crippen LogP contribution is -2.09. The molecule has 2 N–H and O–H groups in total. The number of nitrogens with two attached hydrogens (primary N) is 1. The van der Waals surface area contributed by atoms with Crippen molar-refractivity contribution in [3.8, 4) is 11.8 Å². The van der Waals surface area contributed by atoms with Crippen LogP contribution in [0.4, 0.5) is 0 Å². The van der Waals surface area contributed by atoms with E-state index in [-0.39, 0.29) is 6.04 Å². The Morgan fingerprint density at radius 3 is 2.56 bits per heavy atom. The third-order valence-corrected chi connectivity index (χ3v) is 3.27. The van der Waals surface area contributed by atoms with Crippen LogP contribution in [0.5, 0.6) is 0 Å². The largest absolute Gasteiger partial charge is 0.324 e. The van der Waals surface area contributed by atoms with E-state index in [2.05, 4.69) is 43.0 Å². The van der Waals surface area contributed by atoms with E-state index in [1.165, 1.54) is 10.5 Å². The monoisotopic (exact) mass is 233 g/mol. The van der Waals surface area contributed by atoms with Crippen molar-refractivity contribution in [1.29, 1.82) is 0 Å². The van der Waals surface area contributed by atoms with Gasteiger partial charge in [0.05, 0.1) is 0 Å². The molecule has 0 aliphatic rings. The Balaban J connectivity index is 2.54. The van der Waals surface area contributed by atoms with Crippen LogP contribution in [-0.4, -0.2) is 5.75 Å². The van der Waals surface area contributed by atoms with Gasteiger partial charge in [0.2, 0.25) is 0 Å². The molecule has 0 radical (unpaired) electrons. The van der Waals surface area contributed by atoms with Crippen LogP contribution in [0.15, 0.2) is 29.2 Å². The van der Waals surface area contributed by atoms with Gasteiger partial charge in [-0.3, -0.25) is 0 Å². The average Bonchev–Trinajstić information content (AvgIpc) is 2.30. The lowest BCUT2D eigenvalue weighted by Gasteiger charge is -2.10. The Bertz CT molecular complexity index is 359. The van der Waals surface area contributed by atoms with E-state index in [9.17, 15) is 0 Å². The molecule has 1 nitrogen and oxygen atoms in total. The van der Waals surface area contributed by atoms with E-state index < -0.39 is 0 Å². The van der Waals surface area contributed by atoms with Gasteiger partial charge in [0, 0.05) is 17.4 Å². The van der Waals surface area contributed by atoms with Gasteiger partial charge in [-0.1, -0.05) is 19.1 Å². The van der Waals surface area contributed by atoms with E-state index in [0.717, 1.165) is 18.6 Å². The highest BCUT2D eigenvalue weighted by Gasteiger charge is 2.04. The molecule has 1 aromatic carbocycles. The van der Waals surface area contributed by atoms with E-state index in [1.54, 1.807) is 0 Å². The lowest BCUT2D eigenvalue weighted by atomic mass is 10.0. The van der Waals surface area contributed by atoms with Gasteiger partial charge < -0.3 is 5.73 Å². The second-order valence-corrected chi connectivity index (χ2v) is 4.91. The van der Waals surface area contributed by atoms with Crippen LogP contribution in [0.3, 0.4) is 0 Å². The summed E-state index contributed by atoms with van der Waals surface area (Å²) in [5.74, 6) is 7.05. The number of benzene rings is 1. The lowest BCUT2D eigenvalue weighted by molar-refractivity contribution is 0.667. The molecule has 86 valence electrons. The molecule has 0 spiro atoms. The van der Waals surface area contributed by atoms with Crippen molar-refractivity contribution in [3.63, 3.8) is 0 Å². The van der Waals surface area contributed by atoms with Gasteiger partial charge in [-0.05, 0) is 36.8 Å². The van der Waals surface area contributed by atoms with Gasteiger partial charge in [-0.25, -0.2) is 0 Å². The van der Waals surface area contributed by atoms with Crippen LogP contribution in [0.1, 0.15) is 38.3 Å². The van der Waals surface area contributed by atoms with E-state index in [4.69, 9.17) is 5.73 Å². The van der Waals surface area contributed by atoms with Gasteiger partial charge in [-0.2, -0.15) is 0 Å². The minimum atomic E-state index is 0.113. The molecule has 16 heavy (non-hydrogen) atoms. The Labute approximate surface area is 103 Å². The molecule has 0 fully saturated rings. The molecule has 0 bridgehead atoms. The summed E-state index contributed by atoms with van der Waals surface area (Å²) in [6, 6.07) is 8.66. The molecule has 0 aliphatic carbocycles. The maximum atomic E-state index is 6.09. The summed E-state index contributed by atoms with van der Waals surface area (Å²) >= 11 is 1.85. The maximum Gasteiger partial charge on any atom is 0.0303 e. The number of thioether (sulfide) groups is 1. The summed E-state index contributed by atoms with van der Waals surface area (Å²) < 4.78 is 0. The predicted octanol–water partition coefficient (Wildman–Crippen LogP) is 3.60. The molecule has 0 heterocycles. The molecule has 0 saturated carbocycles. The van der Waals surface area contributed by atoms with Crippen molar-refractivity contribution in [2.45, 2.75) is 37.6 Å². The SMILES string of the molecule is CC#CCCC(N)c1ccc(SCC)cc1. The highest BCUT2D eigenvalue weighted by Crippen LogP contribution is 2.21. The first-order valence-electron chi connectivity index (χ1n) is 5.66. The summed E-state index contributed by atoms with van der Waals surface area (Å²) in [6.45, 7) is 4.02. The third-order valence-electron chi connectivity index (χ3n) is 2.38. The summed E-state index contributed by atoms with van der Waals surface area (Å²) in [5, 5.41) is 0. The molecular weight excluding hydrogens is 214 g/mol. The Morgan fingerprint density at radius 1 is 1.31 bits per heavy atom. The van der Waals surface area contributed by atoms with Crippen molar-refractivity contribution in [3.05, 3.63) is 29.8 Å². The quantitative estimate of drug-likeness (QED) is 0.621. The van der Waals surface area contributed by atoms with E-state index in [0.29, 0.717) is 0 Å². The highest BCUT2D eigenvalue weighted by molar-refractivity contribution is 7.99. The minimum Gasteiger partial charge on any atom is -0.324 e. The summed E-state index contributed by atoms with van der Waals surface area (Å²) in [6.07, 6.45) is 1.81. The molecule has 1 aromatic rings. The third kappa shape index (κ3) is 4.30. The van der Waals surface area contributed by atoms with Crippen LogP contribution < -0.4 is 5.73 Å². The summed E-state index contributed by atoms with van der Waals surface area (Å²) in [7, 11) is 0. The zero-order chi connectivity index (χ0) is 11.8. The highest BCUT2D eigenvalue weighted by atomic mass is 32.2. The molecule has 0 saturated heterocycles. The molecule has 0 aromatic heterocycles. The Hall–Kier alpha value is -0.910. The average molecular weight is 233 g/mol. The molecule has 1 atom stereocenters. The Morgan fingerprint density at radius 2 is 2.00 bits per heavy atom. The van der Waals surface area contributed by atoms with Gasteiger partial charge >= 0.3 is 0 Å². The maximum absolute atomic E-state index is 6.09. The second-order valence-electron chi connectivity index (χ2n) is 3.57. The first kappa shape index (κ1) is 13.2. The topological polar surface area (TPSA) is 26.0 Å². The molecule has 1 rings (SSSR count). The zero-order valence-corrected chi connectivity index (χ0v) is 10.8. The predicted molar refractivity (Wildman–Crippen MR) is 72.5 cm³/mol. The second kappa shape index (κ2) is 7.38. The number of hydrogen-bond donors (Lipinski definition) is 1. The first-order chi connectivity index (χ1) is 7.77. The molecule has 0 aliphatic heterocycles. The normalized spacial score (nSPS) is 11.7. The molecule has 2 heteroatoms. The minimum absolute atomic E-state index is 0.113. The molecular formula is C14H19NS. The Kier molecular flexibility index (Phi) is 6.07. The fourth-order valence-electron chi connectivity index (χ4n) is 1.50. The van der Waals surface area contributed by atoms with Crippen LogP contribution in [0.25, 0.3) is 0 Å². The van der Waals surface area contributed by atoms with Crippen molar-refractivity contribution in [1.82, 2.24) is 0 Å². The zero-order valence-electron chi connectivity index (χ0n) is 9.99. The van der Waals surface area contributed by atoms with Crippen molar-refractivity contribution < 1.29 is 0 Å². The van der Waals surface area contributed by atoms with Crippen molar-refractivity contribution in [2.24, 2.45) is 5.73 Å². The fourth-order valence-corrected chi connectivity index (χ4v) is 2.16. The van der Waals surface area contributed by atoms with Crippen LogP contribution in [-0.2, 0) is 0 Å². The van der Waals surface area contributed by atoms with E-state index in [1.807, 2.05) is 18.7 Å². The van der Waals surface area contributed by atoms with Crippen LogP contribution in [0.2, 0.25) is 0 Å². The van der Waals surface area contributed by atoms with E-state index >= 15 is 0 Å². The van der Waals surface area contributed by atoms with Gasteiger partial charge in [0.25, 0.3) is 0 Å². The standard InChI is InChI=1S/C14H19NS/c1-3-5-6-7-14(15)12-8-10-13(11-9-12)16-4-2/h8-11,14H,4,6-7,15H2,1-2H3. The van der Waals surface area contributed by atoms with Gasteiger partial charge in [-0.15, -0.1) is 23.6 Å². The van der Waals surface area contributed by atoms with Crippen molar-refractivity contribution in [2.75, 3.05) is 5.75 Å². The molecule has 1 unspecified atom stereocenters. The van der Waals surface area contributed by atoms with Crippen LogP contribution >= 0.6 is 11.8 Å².